The minimum absolute atomic E-state index is 0.189. The summed E-state index contributed by atoms with van der Waals surface area (Å²) in [5.74, 6) is -0.509. The molecule has 1 amide bonds. The topological polar surface area (TPSA) is 79.5 Å². The van der Waals surface area contributed by atoms with Gasteiger partial charge in [0, 0.05) is 31.1 Å². The van der Waals surface area contributed by atoms with Crippen molar-refractivity contribution in [1.29, 1.82) is 0 Å². The van der Waals surface area contributed by atoms with E-state index in [9.17, 15) is 4.79 Å². The quantitative estimate of drug-likeness (QED) is 0.798. The average Bonchev–Trinajstić information content (AvgIpc) is 2.78. The van der Waals surface area contributed by atoms with Crippen molar-refractivity contribution in [1.82, 2.24) is 4.98 Å². The third-order valence-electron chi connectivity index (χ3n) is 3.17. The molecule has 1 aromatic rings. The molecular weight excluding hydrogens is 218 g/mol. The molecule has 1 aliphatic rings. The lowest BCUT2D eigenvalue weighted by Gasteiger charge is -2.26. The lowest BCUT2D eigenvalue weighted by molar-refractivity contribution is 0.0995. The van der Waals surface area contributed by atoms with Crippen LogP contribution in [0.5, 0.6) is 0 Å². The van der Waals surface area contributed by atoms with Crippen LogP contribution < -0.4 is 10.6 Å². The van der Waals surface area contributed by atoms with E-state index in [-0.39, 0.29) is 12.3 Å². The largest absolute Gasteiger partial charge is 0.396 e. The molecule has 3 N–H and O–H groups in total. The normalized spacial score (nSPS) is 19.6. The SMILES string of the molecule is NC(=O)c1cc(N2CCCC2CCO)ccn1. The van der Waals surface area contributed by atoms with E-state index in [4.69, 9.17) is 10.8 Å². The Labute approximate surface area is 100 Å². The molecule has 1 atom stereocenters. The number of aliphatic hydroxyl groups is 1. The predicted molar refractivity (Wildman–Crippen MR) is 64.8 cm³/mol. The van der Waals surface area contributed by atoms with Gasteiger partial charge in [0.05, 0.1) is 0 Å². The number of carbonyl (C=O) groups is 1. The molecule has 1 saturated heterocycles. The first-order valence-electron chi connectivity index (χ1n) is 5.85. The first-order chi connectivity index (χ1) is 8.22. The monoisotopic (exact) mass is 235 g/mol. The lowest BCUT2D eigenvalue weighted by Crippen LogP contribution is -2.30. The Morgan fingerprint density at radius 1 is 1.65 bits per heavy atom. The Balaban J connectivity index is 2.21. The highest BCUT2D eigenvalue weighted by Gasteiger charge is 2.24. The summed E-state index contributed by atoms with van der Waals surface area (Å²) in [4.78, 5) is 17.2. The van der Waals surface area contributed by atoms with E-state index in [1.807, 2.05) is 6.07 Å². The van der Waals surface area contributed by atoms with Crippen LogP contribution in [0.4, 0.5) is 5.69 Å². The molecule has 0 saturated carbocycles. The summed E-state index contributed by atoms with van der Waals surface area (Å²) in [6.45, 7) is 1.14. The Bertz CT molecular complexity index is 408. The summed E-state index contributed by atoms with van der Waals surface area (Å²) in [7, 11) is 0. The second-order valence-corrected chi connectivity index (χ2v) is 4.27. The van der Waals surface area contributed by atoms with Crippen molar-refractivity contribution in [2.24, 2.45) is 5.73 Å². The van der Waals surface area contributed by atoms with E-state index >= 15 is 0 Å². The summed E-state index contributed by atoms with van der Waals surface area (Å²) in [5.41, 5.74) is 6.47. The third-order valence-corrected chi connectivity index (χ3v) is 3.17. The molecule has 0 radical (unpaired) electrons. The van der Waals surface area contributed by atoms with Crippen LogP contribution in [-0.2, 0) is 0 Å². The van der Waals surface area contributed by atoms with Gasteiger partial charge in [-0.15, -0.1) is 0 Å². The van der Waals surface area contributed by atoms with Crippen molar-refractivity contribution in [3.05, 3.63) is 24.0 Å². The fraction of sp³-hybridized carbons (Fsp3) is 0.500. The van der Waals surface area contributed by atoms with Crippen LogP contribution >= 0.6 is 0 Å². The maximum Gasteiger partial charge on any atom is 0.267 e. The summed E-state index contributed by atoms with van der Waals surface area (Å²) in [6.07, 6.45) is 4.55. The van der Waals surface area contributed by atoms with E-state index in [0.29, 0.717) is 6.04 Å². The van der Waals surface area contributed by atoms with Crippen LogP contribution in [0, 0.1) is 0 Å². The molecule has 5 heteroatoms. The fourth-order valence-electron chi connectivity index (χ4n) is 2.36. The van der Waals surface area contributed by atoms with E-state index in [1.165, 1.54) is 0 Å². The van der Waals surface area contributed by atoms with Crippen molar-refractivity contribution >= 4 is 11.6 Å². The first kappa shape index (κ1) is 11.9. The van der Waals surface area contributed by atoms with Gasteiger partial charge in [0.25, 0.3) is 5.91 Å². The highest BCUT2D eigenvalue weighted by molar-refractivity contribution is 5.91. The van der Waals surface area contributed by atoms with Crippen molar-refractivity contribution in [2.45, 2.75) is 25.3 Å². The molecule has 17 heavy (non-hydrogen) atoms. The zero-order valence-corrected chi connectivity index (χ0v) is 9.67. The van der Waals surface area contributed by atoms with Gasteiger partial charge in [-0.3, -0.25) is 9.78 Å². The molecule has 2 heterocycles. The fourth-order valence-corrected chi connectivity index (χ4v) is 2.36. The van der Waals surface area contributed by atoms with E-state index in [2.05, 4.69) is 9.88 Å². The van der Waals surface area contributed by atoms with Crippen molar-refractivity contribution < 1.29 is 9.90 Å². The molecule has 1 unspecified atom stereocenters. The van der Waals surface area contributed by atoms with Gasteiger partial charge in [-0.1, -0.05) is 0 Å². The molecule has 92 valence electrons. The second kappa shape index (κ2) is 5.14. The molecule has 0 bridgehead atoms. The minimum atomic E-state index is -0.509. The summed E-state index contributed by atoms with van der Waals surface area (Å²) in [5, 5.41) is 9.02. The molecule has 0 aliphatic carbocycles. The van der Waals surface area contributed by atoms with Gasteiger partial charge < -0.3 is 15.7 Å². The van der Waals surface area contributed by atoms with Gasteiger partial charge in [-0.05, 0) is 31.4 Å². The molecule has 1 aromatic heterocycles. The Hall–Kier alpha value is -1.62. The van der Waals surface area contributed by atoms with Gasteiger partial charge in [0.1, 0.15) is 5.69 Å². The van der Waals surface area contributed by atoms with Crippen LogP contribution in [0.2, 0.25) is 0 Å². The molecule has 2 rings (SSSR count). The number of nitrogens with two attached hydrogens (primary N) is 1. The van der Waals surface area contributed by atoms with Crippen LogP contribution in [0.3, 0.4) is 0 Å². The molecule has 1 aliphatic heterocycles. The zero-order chi connectivity index (χ0) is 12.3. The smallest absolute Gasteiger partial charge is 0.267 e. The molecule has 5 nitrogen and oxygen atoms in total. The predicted octanol–water partition coefficient (Wildman–Crippen LogP) is 0.532. The number of aliphatic hydroxyl groups excluding tert-OH is 1. The summed E-state index contributed by atoms with van der Waals surface area (Å²) >= 11 is 0. The van der Waals surface area contributed by atoms with Crippen molar-refractivity contribution in [3.8, 4) is 0 Å². The summed E-state index contributed by atoms with van der Waals surface area (Å²) < 4.78 is 0. The molecule has 0 spiro atoms. The van der Waals surface area contributed by atoms with E-state index in [1.54, 1.807) is 12.3 Å². The number of aromatic nitrogens is 1. The van der Waals surface area contributed by atoms with Gasteiger partial charge in [0.2, 0.25) is 0 Å². The maximum absolute atomic E-state index is 11.1. The first-order valence-corrected chi connectivity index (χ1v) is 5.85. The number of pyridine rings is 1. The number of nitrogens with zero attached hydrogens (tertiary/aromatic N) is 2. The minimum Gasteiger partial charge on any atom is -0.396 e. The van der Waals surface area contributed by atoms with Crippen molar-refractivity contribution in [3.63, 3.8) is 0 Å². The number of amides is 1. The van der Waals surface area contributed by atoms with Crippen LogP contribution in [0.25, 0.3) is 0 Å². The molecule has 1 fully saturated rings. The Morgan fingerprint density at radius 3 is 3.18 bits per heavy atom. The number of anilines is 1. The van der Waals surface area contributed by atoms with Gasteiger partial charge in [0.15, 0.2) is 0 Å². The number of rotatable bonds is 4. The van der Waals surface area contributed by atoms with E-state index < -0.39 is 5.91 Å². The van der Waals surface area contributed by atoms with Gasteiger partial charge >= 0.3 is 0 Å². The maximum atomic E-state index is 11.1. The molecule has 0 aromatic carbocycles. The second-order valence-electron chi connectivity index (χ2n) is 4.27. The lowest BCUT2D eigenvalue weighted by atomic mass is 10.1. The highest BCUT2D eigenvalue weighted by Crippen LogP contribution is 2.27. The van der Waals surface area contributed by atoms with E-state index in [0.717, 1.165) is 31.5 Å². The highest BCUT2D eigenvalue weighted by atomic mass is 16.3. The third kappa shape index (κ3) is 2.55. The number of hydrogen-bond acceptors (Lipinski definition) is 4. The zero-order valence-electron chi connectivity index (χ0n) is 9.67. The van der Waals surface area contributed by atoms with Crippen molar-refractivity contribution in [2.75, 3.05) is 18.1 Å². The van der Waals surface area contributed by atoms with Gasteiger partial charge in [-0.25, -0.2) is 0 Å². The number of primary amides is 1. The number of carbonyl (C=O) groups excluding carboxylic acids is 1. The standard InChI is InChI=1S/C12H17N3O2/c13-12(17)11-8-10(3-5-14-11)15-6-1-2-9(15)4-7-16/h3,5,8-9,16H,1-2,4,6-7H2,(H2,13,17). The van der Waals surface area contributed by atoms with Gasteiger partial charge in [-0.2, -0.15) is 0 Å². The average molecular weight is 235 g/mol. The Kier molecular flexibility index (Phi) is 3.58. The van der Waals surface area contributed by atoms with Crippen LogP contribution in [-0.4, -0.2) is 35.2 Å². The van der Waals surface area contributed by atoms with Crippen LogP contribution in [0.1, 0.15) is 29.8 Å². The Morgan fingerprint density at radius 2 is 2.47 bits per heavy atom. The van der Waals surface area contributed by atoms with Crippen LogP contribution in [0.15, 0.2) is 18.3 Å². The molecular formula is C12H17N3O2. The summed E-state index contributed by atoms with van der Waals surface area (Å²) in [6, 6.07) is 3.95. The number of hydrogen-bond donors (Lipinski definition) is 2.